The molecule has 2 heteroatoms. The van der Waals surface area contributed by atoms with Crippen LogP contribution in [0.5, 0.6) is 0 Å². The molecule has 0 rings (SSSR count). The van der Waals surface area contributed by atoms with Crippen molar-refractivity contribution in [2.24, 2.45) is 11.3 Å². The fraction of sp³-hybridized carbons (Fsp3) is 1.00. The average Bonchev–Trinajstić information content (AvgIpc) is 2.24. The molecule has 1 unspecified atom stereocenters. The molecule has 0 aromatic carbocycles. The first-order valence-electron chi connectivity index (χ1n) is 7.98. The lowest BCUT2D eigenvalue weighted by molar-refractivity contribution is 0.109. The van der Waals surface area contributed by atoms with E-state index in [1.165, 1.54) is 19.5 Å². The highest BCUT2D eigenvalue weighted by Gasteiger charge is 2.28. The second-order valence-electron chi connectivity index (χ2n) is 8.18. The van der Waals surface area contributed by atoms with Gasteiger partial charge in [0.05, 0.1) is 0 Å². The van der Waals surface area contributed by atoms with Crippen LogP contribution in [0.25, 0.3) is 0 Å². The highest BCUT2D eigenvalue weighted by molar-refractivity contribution is 4.84. The monoisotopic (exact) mass is 270 g/mol. The summed E-state index contributed by atoms with van der Waals surface area (Å²) < 4.78 is 0. The molecule has 0 aliphatic carbocycles. The van der Waals surface area contributed by atoms with Crippen LogP contribution in [-0.4, -0.2) is 36.1 Å². The summed E-state index contributed by atoms with van der Waals surface area (Å²) >= 11 is 0. The van der Waals surface area contributed by atoms with Crippen LogP contribution >= 0.6 is 0 Å². The Balaban J connectivity index is 4.63. The maximum Gasteiger partial charge on any atom is 0.00967 e. The molecular formula is C17H38N2. The van der Waals surface area contributed by atoms with Crippen LogP contribution in [0.3, 0.4) is 0 Å². The SMILES string of the molecule is CCC(C)(CNC(C)(C)C)CN(CC(C)C)C(C)C. The van der Waals surface area contributed by atoms with Crippen molar-refractivity contribution < 1.29 is 0 Å². The van der Waals surface area contributed by atoms with Gasteiger partial charge >= 0.3 is 0 Å². The molecule has 0 saturated heterocycles. The molecule has 0 amide bonds. The molecule has 19 heavy (non-hydrogen) atoms. The third-order valence-electron chi connectivity index (χ3n) is 3.81. The minimum absolute atomic E-state index is 0.205. The molecule has 0 bridgehead atoms. The Morgan fingerprint density at radius 2 is 1.53 bits per heavy atom. The molecule has 0 saturated carbocycles. The Kier molecular flexibility index (Phi) is 7.60. The fourth-order valence-electron chi connectivity index (χ4n) is 2.19. The summed E-state index contributed by atoms with van der Waals surface area (Å²) in [6.45, 7) is 24.2. The third-order valence-corrected chi connectivity index (χ3v) is 3.81. The molecule has 0 spiro atoms. The van der Waals surface area contributed by atoms with Crippen molar-refractivity contribution in [3.8, 4) is 0 Å². The molecule has 0 aromatic rings. The summed E-state index contributed by atoms with van der Waals surface area (Å²) in [6.07, 6.45) is 1.22. The summed E-state index contributed by atoms with van der Waals surface area (Å²) in [6, 6.07) is 0.628. The van der Waals surface area contributed by atoms with E-state index < -0.39 is 0 Å². The lowest BCUT2D eigenvalue weighted by atomic mass is 9.85. The molecule has 0 aromatic heterocycles. The Morgan fingerprint density at radius 3 is 1.84 bits per heavy atom. The molecule has 116 valence electrons. The van der Waals surface area contributed by atoms with Crippen molar-refractivity contribution in [2.75, 3.05) is 19.6 Å². The van der Waals surface area contributed by atoms with Crippen LogP contribution in [-0.2, 0) is 0 Å². The summed E-state index contributed by atoms with van der Waals surface area (Å²) in [4.78, 5) is 2.64. The quantitative estimate of drug-likeness (QED) is 0.712. The topological polar surface area (TPSA) is 15.3 Å². The summed E-state index contributed by atoms with van der Waals surface area (Å²) in [7, 11) is 0. The first kappa shape index (κ1) is 18.9. The molecule has 0 fully saturated rings. The number of nitrogens with one attached hydrogen (secondary N) is 1. The Bertz CT molecular complexity index is 240. The van der Waals surface area contributed by atoms with E-state index in [1.807, 2.05) is 0 Å². The van der Waals surface area contributed by atoms with Gasteiger partial charge in [-0.15, -0.1) is 0 Å². The molecule has 0 heterocycles. The van der Waals surface area contributed by atoms with E-state index in [0.29, 0.717) is 11.5 Å². The van der Waals surface area contributed by atoms with E-state index in [4.69, 9.17) is 0 Å². The second-order valence-corrected chi connectivity index (χ2v) is 8.18. The van der Waals surface area contributed by atoms with Crippen molar-refractivity contribution in [2.45, 2.75) is 80.3 Å². The van der Waals surface area contributed by atoms with Crippen LogP contribution in [0, 0.1) is 11.3 Å². The molecule has 1 N–H and O–H groups in total. The van der Waals surface area contributed by atoms with Gasteiger partial charge in [-0.25, -0.2) is 0 Å². The summed E-state index contributed by atoms with van der Waals surface area (Å²) in [5.41, 5.74) is 0.559. The molecular weight excluding hydrogens is 232 g/mol. The van der Waals surface area contributed by atoms with Gasteiger partial charge in [0, 0.05) is 31.2 Å². The van der Waals surface area contributed by atoms with Gasteiger partial charge in [-0.3, -0.25) is 0 Å². The van der Waals surface area contributed by atoms with E-state index in [2.05, 4.69) is 72.5 Å². The maximum atomic E-state index is 3.68. The van der Waals surface area contributed by atoms with E-state index >= 15 is 0 Å². The minimum Gasteiger partial charge on any atom is -0.311 e. The average molecular weight is 271 g/mol. The number of nitrogens with zero attached hydrogens (tertiary/aromatic N) is 1. The number of rotatable bonds is 8. The molecule has 0 aliphatic heterocycles. The van der Waals surface area contributed by atoms with E-state index in [-0.39, 0.29) is 5.54 Å². The predicted molar refractivity (Wildman–Crippen MR) is 87.7 cm³/mol. The van der Waals surface area contributed by atoms with Crippen LogP contribution in [0.15, 0.2) is 0 Å². The van der Waals surface area contributed by atoms with Crippen molar-refractivity contribution in [1.82, 2.24) is 10.2 Å². The molecule has 1 atom stereocenters. The zero-order valence-electron chi connectivity index (χ0n) is 14.9. The first-order valence-corrected chi connectivity index (χ1v) is 7.98. The highest BCUT2D eigenvalue weighted by Crippen LogP contribution is 2.24. The maximum absolute atomic E-state index is 3.68. The van der Waals surface area contributed by atoms with E-state index in [0.717, 1.165) is 12.5 Å². The van der Waals surface area contributed by atoms with Crippen LogP contribution in [0.2, 0.25) is 0 Å². The van der Waals surface area contributed by atoms with Gasteiger partial charge in [0.15, 0.2) is 0 Å². The zero-order valence-corrected chi connectivity index (χ0v) is 14.9. The van der Waals surface area contributed by atoms with Gasteiger partial charge in [0.2, 0.25) is 0 Å². The number of hydrogen-bond donors (Lipinski definition) is 1. The van der Waals surface area contributed by atoms with Gasteiger partial charge in [0.25, 0.3) is 0 Å². The smallest absolute Gasteiger partial charge is 0.00967 e. The van der Waals surface area contributed by atoms with Crippen molar-refractivity contribution in [1.29, 1.82) is 0 Å². The van der Waals surface area contributed by atoms with Crippen molar-refractivity contribution in [3.63, 3.8) is 0 Å². The molecule has 0 aliphatic rings. The third kappa shape index (κ3) is 8.65. The van der Waals surface area contributed by atoms with E-state index in [9.17, 15) is 0 Å². The van der Waals surface area contributed by atoms with Crippen LogP contribution in [0.4, 0.5) is 0 Å². The first-order chi connectivity index (χ1) is 8.49. The van der Waals surface area contributed by atoms with Gasteiger partial charge in [-0.1, -0.05) is 27.7 Å². The molecule has 0 radical (unpaired) electrons. The normalized spacial score (nSPS) is 16.4. The predicted octanol–water partition coefficient (Wildman–Crippen LogP) is 4.16. The minimum atomic E-state index is 0.205. The second kappa shape index (κ2) is 7.64. The highest BCUT2D eigenvalue weighted by atomic mass is 15.2. The standard InChI is InChI=1S/C17H38N2/c1-10-17(9,12-18-16(6,7)8)13-19(15(4)5)11-14(2)3/h14-15,18H,10-13H2,1-9H3. The van der Waals surface area contributed by atoms with Crippen molar-refractivity contribution >= 4 is 0 Å². The Labute approximate surface area is 122 Å². The summed E-state index contributed by atoms with van der Waals surface area (Å²) in [5, 5.41) is 3.68. The van der Waals surface area contributed by atoms with Gasteiger partial charge in [0.1, 0.15) is 0 Å². The Morgan fingerprint density at radius 1 is 1.00 bits per heavy atom. The zero-order chi connectivity index (χ0) is 15.3. The largest absolute Gasteiger partial charge is 0.311 e. The van der Waals surface area contributed by atoms with Gasteiger partial charge in [-0.05, 0) is 52.4 Å². The van der Waals surface area contributed by atoms with Crippen LogP contribution in [0.1, 0.15) is 68.7 Å². The number of hydrogen-bond acceptors (Lipinski definition) is 2. The van der Waals surface area contributed by atoms with Crippen LogP contribution < -0.4 is 5.32 Å². The molecule has 2 nitrogen and oxygen atoms in total. The van der Waals surface area contributed by atoms with Gasteiger partial charge in [-0.2, -0.15) is 0 Å². The Hall–Kier alpha value is -0.0800. The van der Waals surface area contributed by atoms with Crippen molar-refractivity contribution in [3.05, 3.63) is 0 Å². The fourth-order valence-corrected chi connectivity index (χ4v) is 2.19. The summed E-state index contributed by atoms with van der Waals surface area (Å²) in [5.74, 6) is 0.735. The lowest BCUT2D eigenvalue weighted by Crippen LogP contribution is -2.49. The lowest BCUT2D eigenvalue weighted by Gasteiger charge is -2.39. The van der Waals surface area contributed by atoms with Gasteiger partial charge < -0.3 is 10.2 Å². The van der Waals surface area contributed by atoms with E-state index in [1.54, 1.807) is 0 Å².